The van der Waals surface area contributed by atoms with Gasteiger partial charge in [0.1, 0.15) is 67.8 Å². The van der Waals surface area contributed by atoms with Gasteiger partial charge in [0.2, 0.25) is 0 Å². The molecule has 0 spiro atoms. The fourth-order valence-electron chi connectivity index (χ4n) is 6.29. The second-order valence-electron chi connectivity index (χ2n) is 12.3. The summed E-state index contributed by atoms with van der Waals surface area (Å²) in [5.41, 5.74) is 36.4. The van der Waals surface area contributed by atoms with Crippen molar-refractivity contribution in [3.05, 3.63) is 0 Å². The Balaban J connectivity index is 1.41. The van der Waals surface area contributed by atoms with Gasteiger partial charge in [-0.15, -0.1) is 0 Å². The van der Waals surface area contributed by atoms with E-state index in [9.17, 15) is 40.9 Å². The minimum Gasteiger partial charge on any atom is -0.394 e. The van der Waals surface area contributed by atoms with E-state index >= 15 is 0 Å². The fourth-order valence-corrected chi connectivity index (χ4v) is 6.29. The molecule has 2 aliphatic heterocycles. The maximum Gasteiger partial charge on any atom is 0.176 e. The van der Waals surface area contributed by atoms with E-state index in [2.05, 4.69) is 0 Å². The third kappa shape index (κ3) is 7.76. The zero-order valence-corrected chi connectivity index (χ0v) is 24.6. The molecule has 4 aliphatic rings. The van der Waals surface area contributed by atoms with Gasteiger partial charge < -0.3 is 104 Å². The highest BCUT2D eigenvalue weighted by atomic mass is 16.7. The van der Waals surface area contributed by atoms with Gasteiger partial charge in [-0.25, -0.2) is 0 Å². The number of aliphatic hydroxyl groups is 8. The van der Waals surface area contributed by atoms with Gasteiger partial charge in [-0.3, -0.25) is 0 Å². The maximum atomic E-state index is 10.8. The molecule has 0 aromatic heterocycles. The molecule has 264 valence electrons. The van der Waals surface area contributed by atoms with E-state index in [0.29, 0.717) is 0 Å². The average molecular weight is 659 g/mol. The Morgan fingerprint density at radius 3 is 1.18 bits per heavy atom. The van der Waals surface area contributed by atoms with Crippen LogP contribution in [0.25, 0.3) is 0 Å². The number of rotatable bonds is 10. The molecule has 2 heterocycles. The van der Waals surface area contributed by atoms with Gasteiger partial charge >= 0.3 is 0 Å². The highest BCUT2D eigenvalue weighted by Crippen LogP contribution is 2.31. The summed E-state index contributed by atoms with van der Waals surface area (Å²) in [4.78, 5) is 0. The number of aliphatic hydroxyl groups excluding tert-OH is 8. The van der Waals surface area contributed by atoms with Crippen molar-refractivity contribution in [2.24, 2.45) is 34.4 Å². The molecule has 0 amide bonds. The van der Waals surface area contributed by atoms with Crippen LogP contribution >= 0.6 is 0 Å². The quantitative estimate of drug-likeness (QED) is 0.0968. The van der Waals surface area contributed by atoms with Crippen molar-refractivity contribution in [1.29, 1.82) is 0 Å². The van der Waals surface area contributed by atoms with Crippen LogP contribution in [0, 0.1) is 0 Å². The summed E-state index contributed by atoms with van der Waals surface area (Å²) in [6.07, 6.45) is -18.5. The Morgan fingerprint density at radius 1 is 0.489 bits per heavy atom. The summed E-state index contributed by atoms with van der Waals surface area (Å²) in [7, 11) is 0. The fraction of sp³-hybridized carbons (Fsp3) is 1.00. The largest absolute Gasteiger partial charge is 0.394 e. The Morgan fingerprint density at radius 2 is 0.844 bits per heavy atom. The van der Waals surface area contributed by atoms with Gasteiger partial charge in [0.05, 0.1) is 37.5 Å². The van der Waals surface area contributed by atoms with Crippen LogP contribution in [-0.2, 0) is 28.4 Å². The Labute approximate surface area is 259 Å². The van der Waals surface area contributed by atoms with E-state index in [4.69, 9.17) is 62.8 Å². The van der Waals surface area contributed by atoms with E-state index in [1.54, 1.807) is 0 Å². The molecule has 0 aromatic carbocycles. The molecular formula is C25H50N6O14. The average Bonchev–Trinajstić information content (AvgIpc) is 3.00. The molecular weight excluding hydrogens is 608 g/mol. The molecule has 0 bridgehead atoms. The minimum atomic E-state index is -1.49. The second-order valence-corrected chi connectivity index (χ2v) is 12.3. The third-order valence-electron chi connectivity index (χ3n) is 9.09. The lowest BCUT2D eigenvalue weighted by molar-refractivity contribution is -0.320. The molecule has 0 aromatic rings. The molecule has 2 saturated carbocycles. The lowest BCUT2D eigenvalue weighted by Crippen LogP contribution is -2.68. The standard InChI is InChI=1S/C25H50N6O14/c26-6-1-8(28)20(18(38)14(6)34)44-24-12(30)22(16(36)10(3-32)42-24)40-5-41-23-13(31)25(43-11(4-33)17(23)37)45-21-9(29)2-7(27)15(35)19(21)39/h6-25,32-39H,1-5,26-31H2/t6-,7+,8?,9?,10?,11?,12?,13?,14?,15?,16-,17+,18?,19?,20-,21+,22-,23?,24-,25+/m0/s1. The monoisotopic (exact) mass is 658 g/mol. The van der Waals surface area contributed by atoms with Crippen molar-refractivity contribution in [2.75, 3.05) is 20.0 Å². The summed E-state index contributed by atoms with van der Waals surface area (Å²) < 4.78 is 34.3. The van der Waals surface area contributed by atoms with Crippen LogP contribution in [0.4, 0.5) is 0 Å². The zero-order chi connectivity index (χ0) is 33.3. The summed E-state index contributed by atoms with van der Waals surface area (Å²) >= 11 is 0. The van der Waals surface area contributed by atoms with Gasteiger partial charge in [-0.1, -0.05) is 0 Å². The summed E-state index contributed by atoms with van der Waals surface area (Å²) in [5, 5.41) is 82.6. The van der Waals surface area contributed by atoms with Crippen LogP contribution in [0.2, 0.25) is 0 Å². The number of ether oxygens (including phenoxy) is 6. The first-order chi connectivity index (χ1) is 21.2. The first kappa shape index (κ1) is 37.0. The van der Waals surface area contributed by atoms with Gasteiger partial charge in [0, 0.05) is 24.2 Å². The lowest BCUT2D eigenvalue weighted by Gasteiger charge is -2.47. The minimum absolute atomic E-state index is 0.123. The molecule has 20 heteroatoms. The van der Waals surface area contributed by atoms with Crippen molar-refractivity contribution in [3.8, 4) is 0 Å². The van der Waals surface area contributed by atoms with E-state index < -0.39 is 142 Å². The van der Waals surface area contributed by atoms with Gasteiger partial charge in [-0.05, 0) is 12.8 Å². The van der Waals surface area contributed by atoms with Crippen LogP contribution < -0.4 is 34.4 Å². The lowest BCUT2D eigenvalue weighted by atomic mass is 9.84. The predicted molar refractivity (Wildman–Crippen MR) is 149 cm³/mol. The summed E-state index contributed by atoms with van der Waals surface area (Å²) in [6, 6.07) is -5.64. The molecule has 2 saturated heterocycles. The highest BCUT2D eigenvalue weighted by Gasteiger charge is 2.51. The van der Waals surface area contributed by atoms with E-state index in [1.807, 2.05) is 0 Å². The highest BCUT2D eigenvalue weighted by molar-refractivity contribution is 5.01. The molecule has 11 unspecified atom stereocenters. The smallest absolute Gasteiger partial charge is 0.176 e. The van der Waals surface area contributed by atoms with Crippen molar-refractivity contribution >= 4 is 0 Å². The number of hydrogen-bond acceptors (Lipinski definition) is 20. The van der Waals surface area contributed by atoms with Gasteiger partial charge in [0.15, 0.2) is 12.6 Å². The number of hydrogen-bond donors (Lipinski definition) is 14. The van der Waals surface area contributed by atoms with Crippen molar-refractivity contribution in [3.63, 3.8) is 0 Å². The molecule has 4 fully saturated rings. The molecule has 20 N–H and O–H groups in total. The Kier molecular flexibility index (Phi) is 12.8. The van der Waals surface area contributed by atoms with Crippen molar-refractivity contribution < 1.29 is 69.3 Å². The van der Waals surface area contributed by atoms with Crippen LogP contribution in [-0.4, -0.2) is 183 Å². The van der Waals surface area contributed by atoms with Crippen LogP contribution in [0.15, 0.2) is 0 Å². The number of nitrogens with two attached hydrogens (primary N) is 6. The van der Waals surface area contributed by atoms with Gasteiger partial charge in [0.25, 0.3) is 0 Å². The molecule has 2 aliphatic carbocycles. The zero-order valence-electron chi connectivity index (χ0n) is 24.6. The van der Waals surface area contributed by atoms with Crippen LogP contribution in [0.3, 0.4) is 0 Å². The second kappa shape index (κ2) is 15.6. The maximum absolute atomic E-state index is 10.8. The van der Waals surface area contributed by atoms with Gasteiger partial charge in [-0.2, -0.15) is 0 Å². The predicted octanol–water partition coefficient (Wildman–Crippen LogP) is -9.14. The normalized spacial score (nSPS) is 52.9. The van der Waals surface area contributed by atoms with Crippen molar-refractivity contribution in [1.82, 2.24) is 0 Å². The Bertz CT molecular complexity index is 865. The van der Waals surface area contributed by atoms with E-state index in [1.165, 1.54) is 0 Å². The first-order valence-corrected chi connectivity index (χ1v) is 14.9. The van der Waals surface area contributed by atoms with Crippen molar-refractivity contribution in [2.45, 2.75) is 135 Å². The van der Waals surface area contributed by atoms with Crippen LogP contribution in [0.5, 0.6) is 0 Å². The van der Waals surface area contributed by atoms with E-state index in [0.717, 1.165) is 0 Å². The molecule has 0 radical (unpaired) electrons. The topological polar surface area (TPSA) is 373 Å². The third-order valence-corrected chi connectivity index (χ3v) is 9.09. The molecule has 45 heavy (non-hydrogen) atoms. The Hall–Kier alpha value is -0.800. The molecule has 4 rings (SSSR count). The summed E-state index contributed by atoms with van der Waals surface area (Å²) in [6.45, 7) is -1.98. The SMILES string of the molecule is NC1C(OCO[C@H]2C(N)[C@H](O[C@H]3C(N)C[C@H](N)C(O)C3O)OC(CO)[C@@H]2O)[C@H](O)C(CO)O[C@@H]1O[C@@H]1C(N)C[C@@H](N)C(O)C1O. The van der Waals surface area contributed by atoms with Crippen LogP contribution in [0.1, 0.15) is 12.8 Å². The molecule has 20 nitrogen and oxygen atoms in total. The van der Waals surface area contributed by atoms with E-state index in [-0.39, 0.29) is 12.8 Å². The summed E-state index contributed by atoms with van der Waals surface area (Å²) in [5.74, 6) is 0. The first-order valence-electron chi connectivity index (χ1n) is 14.9. The molecule has 20 atom stereocenters.